The van der Waals surface area contributed by atoms with Crippen molar-refractivity contribution < 1.29 is 24.2 Å². The second-order valence-corrected chi connectivity index (χ2v) is 5.56. The lowest BCUT2D eigenvalue weighted by Gasteiger charge is -2.21. The molecule has 2 rings (SSSR count). The number of fused-ring (bicyclic) bond motifs is 1. The number of carboxylic acids is 1. The van der Waals surface area contributed by atoms with E-state index in [2.05, 4.69) is 20.3 Å². The maximum Gasteiger partial charge on any atom is 0.437 e. The van der Waals surface area contributed by atoms with Crippen molar-refractivity contribution in [2.24, 2.45) is 15.0 Å². The summed E-state index contributed by atoms with van der Waals surface area (Å²) in [4.78, 5) is 46.8. The number of ether oxygens (including phenoxy) is 1. The lowest BCUT2D eigenvalue weighted by molar-refractivity contribution is -0.136. The first kappa shape index (κ1) is 15.6. The maximum atomic E-state index is 11.9. The Balaban J connectivity index is 2.21. The average Bonchev–Trinajstić information content (AvgIpc) is 2.69. The van der Waals surface area contributed by atoms with E-state index in [1.54, 1.807) is 20.8 Å². The Bertz CT molecular complexity index is 616. The molecule has 0 spiro atoms. The van der Waals surface area contributed by atoms with Crippen molar-refractivity contribution >= 4 is 36.1 Å². The lowest BCUT2D eigenvalue weighted by atomic mass is 10.2. The van der Waals surface area contributed by atoms with Crippen LogP contribution in [0.2, 0.25) is 0 Å². The second-order valence-electron chi connectivity index (χ2n) is 5.56. The fourth-order valence-corrected chi connectivity index (χ4v) is 1.75. The number of amidine groups is 1. The lowest BCUT2D eigenvalue weighted by Crippen LogP contribution is -2.49. The second kappa shape index (κ2) is 5.54. The molecule has 1 atom stereocenters. The van der Waals surface area contributed by atoms with E-state index in [1.807, 2.05) is 0 Å². The number of carbonyl (C=O) groups is 3. The van der Waals surface area contributed by atoms with Crippen LogP contribution in [0.25, 0.3) is 0 Å². The molecule has 0 saturated heterocycles. The molecule has 2 heterocycles. The van der Waals surface area contributed by atoms with Crippen LogP contribution in [0.5, 0.6) is 0 Å². The third-order valence-electron chi connectivity index (χ3n) is 2.49. The summed E-state index contributed by atoms with van der Waals surface area (Å²) in [7, 11) is 0. The quantitative estimate of drug-likeness (QED) is 0.713. The first-order valence-electron chi connectivity index (χ1n) is 6.38. The summed E-state index contributed by atoms with van der Waals surface area (Å²) in [5, 5.41) is 11.1. The fraction of sp³-hybridized carbons (Fsp3) is 0.500. The van der Waals surface area contributed by atoms with Crippen molar-refractivity contribution in [3.05, 3.63) is 0 Å². The molecule has 10 heteroatoms. The van der Waals surface area contributed by atoms with E-state index in [-0.39, 0.29) is 11.8 Å². The molecule has 2 aliphatic heterocycles. The minimum absolute atomic E-state index is 0.105. The fourth-order valence-electron chi connectivity index (χ4n) is 1.75. The third kappa shape index (κ3) is 3.65. The summed E-state index contributed by atoms with van der Waals surface area (Å²) < 4.78 is 4.99. The predicted octanol–water partition coefficient (Wildman–Crippen LogP) is -0.397. The van der Waals surface area contributed by atoms with Crippen molar-refractivity contribution in [3.63, 3.8) is 0 Å². The molecule has 2 amide bonds. The number of carbonyl (C=O) groups excluding carboxylic acids is 2. The van der Waals surface area contributed by atoms with Gasteiger partial charge >= 0.3 is 12.1 Å². The zero-order valence-corrected chi connectivity index (χ0v) is 12.2. The van der Waals surface area contributed by atoms with Gasteiger partial charge in [-0.2, -0.15) is 4.99 Å². The summed E-state index contributed by atoms with van der Waals surface area (Å²) in [5.41, 5.74) is -0.735. The normalized spacial score (nSPS) is 22.2. The van der Waals surface area contributed by atoms with Gasteiger partial charge in [0.25, 0.3) is 5.91 Å². The van der Waals surface area contributed by atoms with Crippen LogP contribution in [0.1, 0.15) is 20.8 Å². The molecule has 22 heavy (non-hydrogen) atoms. The molecule has 0 aromatic heterocycles. The summed E-state index contributed by atoms with van der Waals surface area (Å²) in [5.74, 6) is -1.80. The largest absolute Gasteiger partial charge is 0.480 e. The van der Waals surface area contributed by atoms with Crippen LogP contribution in [-0.4, -0.2) is 64.3 Å². The Morgan fingerprint density at radius 1 is 1.50 bits per heavy atom. The smallest absolute Gasteiger partial charge is 0.437 e. The molecular formula is C12H15N5O5. The highest BCUT2D eigenvalue weighted by Crippen LogP contribution is 2.13. The number of rotatable bonds is 2. The van der Waals surface area contributed by atoms with E-state index in [0.29, 0.717) is 0 Å². The Kier molecular flexibility index (Phi) is 3.93. The number of aliphatic carboxylic acids is 1. The molecule has 10 nitrogen and oxygen atoms in total. The van der Waals surface area contributed by atoms with Gasteiger partial charge in [0.2, 0.25) is 5.96 Å². The van der Waals surface area contributed by atoms with Gasteiger partial charge in [0, 0.05) is 0 Å². The molecule has 0 bridgehead atoms. The highest BCUT2D eigenvalue weighted by Gasteiger charge is 2.37. The molecule has 0 radical (unpaired) electrons. The van der Waals surface area contributed by atoms with Gasteiger partial charge < -0.3 is 14.7 Å². The van der Waals surface area contributed by atoms with E-state index in [4.69, 9.17) is 9.84 Å². The number of nitrogens with one attached hydrogen (secondary N) is 1. The average molecular weight is 309 g/mol. The molecule has 0 aromatic carbocycles. The van der Waals surface area contributed by atoms with Gasteiger partial charge in [-0.05, 0) is 20.8 Å². The molecule has 2 aliphatic rings. The van der Waals surface area contributed by atoms with Crippen molar-refractivity contribution in [2.75, 3.05) is 6.54 Å². The number of hydrogen-bond acceptors (Lipinski definition) is 6. The van der Waals surface area contributed by atoms with E-state index >= 15 is 0 Å². The summed E-state index contributed by atoms with van der Waals surface area (Å²) in [6, 6.07) is -0.933. The van der Waals surface area contributed by atoms with Gasteiger partial charge in [-0.15, -0.1) is 4.99 Å². The Morgan fingerprint density at radius 2 is 2.18 bits per heavy atom. The zero-order valence-electron chi connectivity index (χ0n) is 12.2. The maximum absolute atomic E-state index is 11.9. The molecule has 0 aromatic rings. The van der Waals surface area contributed by atoms with E-state index in [9.17, 15) is 14.4 Å². The topological polar surface area (TPSA) is 133 Å². The van der Waals surface area contributed by atoms with Crippen molar-refractivity contribution in [1.29, 1.82) is 0 Å². The van der Waals surface area contributed by atoms with Crippen LogP contribution in [-0.2, 0) is 14.3 Å². The molecule has 118 valence electrons. The molecular weight excluding hydrogens is 294 g/mol. The minimum Gasteiger partial charge on any atom is -0.480 e. The first-order valence-corrected chi connectivity index (χ1v) is 6.38. The van der Waals surface area contributed by atoms with Gasteiger partial charge in [-0.3, -0.25) is 19.9 Å². The molecule has 2 N–H and O–H groups in total. The van der Waals surface area contributed by atoms with E-state index in [1.165, 1.54) is 11.2 Å². The Morgan fingerprint density at radius 3 is 2.77 bits per heavy atom. The molecule has 1 unspecified atom stereocenters. The van der Waals surface area contributed by atoms with E-state index < -0.39 is 36.2 Å². The van der Waals surface area contributed by atoms with Crippen molar-refractivity contribution in [1.82, 2.24) is 10.2 Å². The van der Waals surface area contributed by atoms with Gasteiger partial charge in [-0.25, -0.2) is 4.79 Å². The Hall–Kier alpha value is -2.78. The van der Waals surface area contributed by atoms with Crippen LogP contribution in [0.3, 0.4) is 0 Å². The predicted molar refractivity (Wildman–Crippen MR) is 75.9 cm³/mol. The zero-order chi connectivity index (χ0) is 16.5. The molecule has 0 aliphatic carbocycles. The van der Waals surface area contributed by atoms with Crippen LogP contribution < -0.4 is 5.32 Å². The molecule has 0 fully saturated rings. The summed E-state index contributed by atoms with van der Waals surface area (Å²) >= 11 is 0. The number of hydrogen-bond donors (Lipinski definition) is 2. The van der Waals surface area contributed by atoms with Gasteiger partial charge in [0.15, 0.2) is 6.04 Å². The monoisotopic (exact) mass is 309 g/mol. The van der Waals surface area contributed by atoms with Crippen LogP contribution >= 0.6 is 0 Å². The third-order valence-corrected chi connectivity index (χ3v) is 2.49. The SMILES string of the molecule is CC(C)(C)OC(=O)/N=C1/N=C2C(N=CN2CC(=O)O)C(=O)N1. The van der Waals surface area contributed by atoms with E-state index in [0.717, 1.165) is 0 Å². The van der Waals surface area contributed by atoms with Gasteiger partial charge in [0.1, 0.15) is 18.0 Å². The number of guanidine groups is 1. The van der Waals surface area contributed by atoms with Crippen LogP contribution in [0, 0.1) is 0 Å². The number of aliphatic imine (C=N–C) groups is 3. The van der Waals surface area contributed by atoms with Crippen molar-refractivity contribution in [2.45, 2.75) is 32.4 Å². The van der Waals surface area contributed by atoms with Crippen LogP contribution in [0.4, 0.5) is 4.79 Å². The highest BCUT2D eigenvalue weighted by molar-refractivity contribution is 6.24. The first-order chi connectivity index (χ1) is 10.2. The summed E-state index contributed by atoms with van der Waals surface area (Å²) in [6.07, 6.45) is 0.308. The number of carboxylic acid groups (broad SMARTS) is 1. The Labute approximate surface area is 125 Å². The number of nitrogens with zero attached hydrogens (tertiary/aromatic N) is 4. The summed E-state index contributed by atoms with van der Waals surface area (Å²) in [6.45, 7) is 4.62. The van der Waals surface area contributed by atoms with Gasteiger partial charge in [-0.1, -0.05) is 0 Å². The highest BCUT2D eigenvalue weighted by atomic mass is 16.6. The molecule has 0 saturated carbocycles. The van der Waals surface area contributed by atoms with Crippen LogP contribution in [0.15, 0.2) is 15.0 Å². The minimum atomic E-state index is -1.11. The number of amides is 2. The van der Waals surface area contributed by atoms with Gasteiger partial charge in [0.05, 0.1) is 6.34 Å². The van der Waals surface area contributed by atoms with Crippen molar-refractivity contribution in [3.8, 4) is 0 Å². The standard InChI is InChI=1S/C12H15N5O5/c1-12(2,3)22-11(21)16-10-14-8-7(9(20)15-10)13-5-17(8)4-6(18)19/h5,7H,4H2,1-3H3,(H,18,19)(H,15,16,20,21).